The molecular formula is C32H40Cu2N10O16S4+4. The number of anilines is 2. The first-order valence-electron chi connectivity index (χ1n) is 15.3. The maximum atomic E-state index is 12.2. The van der Waals surface area contributed by atoms with Crippen LogP contribution >= 0.6 is 0 Å². The molecule has 0 spiro atoms. The van der Waals surface area contributed by atoms with Crippen molar-refractivity contribution in [3.63, 3.8) is 0 Å². The van der Waals surface area contributed by atoms with Gasteiger partial charge in [0.25, 0.3) is 40.5 Å². The normalized spacial score (nSPS) is 11.8. The molecule has 6 aromatic carbocycles. The van der Waals surface area contributed by atoms with Crippen LogP contribution in [0.25, 0.3) is 32.7 Å². The molecule has 28 N–H and O–H groups in total. The molecule has 6 aromatic rings. The number of benzene rings is 6. The van der Waals surface area contributed by atoms with Crippen LogP contribution in [-0.2, 0) is 74.6 Å². The van der Waals surface area contributed by atoms with Gasteiger partial charge in [0.15, 0.2) is 11.5 Å². The number of nitrogens with zero attached hydrogens (tertiary/aromatic N) is 4. The number of fused-ring (bicyclic) bond motifs is 2. The van der Waals surface area contributed by atoms with Crippen molar-refractivity contribution < 1.29 is 106 Å². The van der Waals surface area contributed by atoms with Crippen molar-refractivity contribution in [3.05, 3.63) is 72.8 Å². The Morgan fingerprint density at radius 1 is 0.422 bits per heavy atom. The molecule has 6 rings (SSSR count). The second-order valence-electron chi connectivity index (χ2n) is 12.1. The van der Waals surface area contributed by atoms with Crippen molar-refractivity contribution >= 4 is 96.1 Å². The number of nitrogens with two attached hydrogens (primary N) is 2. The van der Waals surface area contributed by atoms with E-state index >= 15 is 0 Å². The first kappa shape index (κ1) is 58.4. The van der Waals surface area contributed by atoms with Gasteiger partial charge in [0.05, 0.1) is 9.79 Å². The summed E-state index contributed by atoms with van der Waals surface area (Å²) in [5.41, 5.74) is 8.99. The largest absolute Gasteiger partial charge is 0.506 e. The Morgan fingerprint density at radius 3 is 1.00 bits per heavy atom. The second-order valence-corrected chi connectivity index (χ2v) is 17.7. The minimum atomic E-state index is -5.17. The average molecular weight is 1080 g/mol. The van der Waals surface area contributed by atoms with Crippen molar-refractivity contribution in [2.24, 2.45) is 20.5 Å². The minimum absolute atomic E-state index is 0. The number of nitrogen functional groups attached to an aromatic ring is 2. The topological polar surface area (TPSA) is 546 Å². The van der Waals surface area contributed by atoms with Gasteiger partial charge in [-0.1, -0.05) is 12.1 Å². The van der Waals surface area contributed by atoms with Crippen LogP contribution in [0.5, 0.6) is 23.0 Å². The summed E-state index contributed by atoms with van der Waals surface area (Å²) in [6.45, 7) is 0. The molecule has 32 heteroatoms. The van der Waals surface area contributed by atoms with Gasteiger partial charge in [-0.2, -0.15) is 33.7 Å². The van der Waals surface area contributed by atoms with Crippen LogP contribution in [0.4, 0.5) is 34.1 Å². The summed E-state index contributed by atoms with van der Waals surface area (Å²) < 4.78 is 134. The number of azo groups is 2. The van der Waals surface area contributed by atoms with Crippen LogP contribution in [0, 0.1) is 0 Å². The van der Waals surface area contributed by atoms with Crippen molar-refractivity contribution in [1.82, 2.24) is 24.6 Å². The fraction of sp³-hybridized carbons (Fsp3) is 0. The maximum Gasteiger partial charge on any atom is 0.296 e. The molecule has 0 aromatic heterocycles. The number of hydrogen-bond acceptors (Lipinski definition) is 18. The van der Waals surface area contributed by atoms with E-state index in [1.165, 1.54) is 24.3 Å². The zero-order chi connectivity index (χ0) is 42.9. The molecule has 0 saturated carbocycles. The molecule has 0 fully saturated rings. The number of hydrogen-bond donors (Lipinski definition) is 14. The van der Waals surface area contributed by atoms with Crippen LogP contribution in [0.15, 0.2) is 113 Å². The molecule has 0 atom stereocenters. The van der Waals surface area contributed by atoms with Gasteiger partial charge in [-0.15, -0.1) is 20.5 Å². The molecule has 0 unspecified atom stereocenters. The van der Waals surface area contributed by atoms with Gasteiger partial charge in [0.1, 0.15) is 44.0 Å². The smallest absolute Gasteiger partial charge is 0.296 e. The Morgan fingerprint density at radius 2 is 0.734 bits per heavy atom. The Balaban J connectivity index is 0.00000661. The molecular weight excluding hydrogens is 1040 g/mol. The van der Waals surface area contributed by atoms with E-state index in [1.54, 1.807) is 0 Å². The summed E-state index contributed by atoms with van der Waals surface area (Å²) in [4.78, 5) is -3.57. The summed E-state index contributed by atoms with van der Waals surface area (Å²) in [6.07, 6.45) is 0. The SMILES string of the molecule is Nc1cc(S(=O)(=O)O)cc2cc(S(=O)(=O)O)c(N=Nc3ccc(-c4ccc(N=Nc5c(S(=O)(=O)O)cc6cc(S(=O)(=O)O)cc(N)c6c5O)c(O)c4)cc3O)c(O)c12.[Cu].[Cu].[NH4+].[NH4+].[NH4+].[NH4+]. The molecule has 0 saturated heterocycles. The van der Waals surface area contributed by atoms with E-state index in [4.69, 9.17) is 11.5 Å². The van der Waals surface area contributed by atoms with Gasteiger partial charge in [-0.3, -0.25) is 18.2 Å². The molecule has 0 amide bonds. The van der Waals surface area contributed by atoms with Crippen LogP contribution in [0.2, 0.25) is 0 Å². The van der Waals surface area contributed by atoms with Gasteiger partial charge in [0.2, 0.25) is 0 Å². The van der Waals surface area contributed by atoms with E-state index in [0.717, 1.165) is 48.5 Å². The van der Waals surface area contributed by atoms with Crippen molar-refractivity contribution in [3.8, 4) is 34.1 Å². The van der Waals surface area contributed by atoms with Crippen LogP contribution < -0.4 is 36.1 Å². The van der Waals surface area contributed by atoms with Crippen molar-refractivity contribution in [2.45, 2.75) is 19.6 Å². The molecule has 26 nitrogen and oxygen atoms in total. The number of rotatable bonds is 9. The Kier molecular flexibility index (Phi) is 18.7. The molecule has 0 aliphatic rings. The zero-order valence-corrected chi connectivity index (χ0v) is 38.1. The summed E-state index contributed by atoms with van der Waals surface area (Å²) in [5, 5.41) is 56.9. The molecule has 356 valence electrons. The number of aromatic hydroxyl groups is 4. The van der Waals surface area contributed by atoms with Crippen molar-refractivity contribution in [2.75, 3.05) is 11.5 Å². The summed E-state index contributed by atoms with van der Waals surface area (Å²) in [7, 11) is -20.0. The van der Waals surface area contributed by atoms with E-state index in [-0.39, 0.29) is 103 Å². The maximum absolute atomic E-state index is 12.2. The summed E-state index contributed by atoms with van der Waals surface area (Å²) in [6, 6.07) is 11.9. The summed E-state index contributed by atoms with van der Waals surface area (Å²) >= 11 is 0. The van der Waals surface area contributed by atoms with Crippen LogP contribution in [-0.4, -0.2) is 72.3 Å². The fourth-order valence-corrected chi connectivity index (χ4v) is 8.07. The quantitative estimate of drug-likeness (QED) is 0.0301. The fourth-order valence-electron chi connectivity index (χ4n) is 5.65. The Hall–Kier alpha value is -5.64. The van der Waals surface area contributed by atoms with Gasteiger partial charge in [-0.25, -0.2) is 0 Å². The standard InChI is InChI=1S/C32H24N6O16S4.2Cu.4H3N/c33-19-11-17(55(43,44)45)5-15-9-25(57(49,50)51)29(31(41)27(15)19)37-35-21-3-1-13(7-23(21)39)14-2-4-22(24(40)8-14)36-38-30-26(58(52,53)54)10-16-6-18(56(46,47)48)12-20(34)28(16)32(30)42;;;;;;/h1-12,39-42H,33-34H2,(H,43,44,45)(H,46,47,48)(H,49,50,51)(H,52,53,54);;;4*1H3/p+4. The van der Waals surface area contributed by atoms with Crippen LogP contribution in [0.3, 0.4) is 0 Å². The van der Waals surface area contributed by atoms with E-state index in [9.17, 15) is 72.3 Å². The third kappa shape index (κ3) is 11.5. The van der Waals surface area contributed by atoms with Crippen molar-refractivity contribution in [1.29, 1.82) is 0 Å². The second kappa shape index (κ2) is 20.5. The average Bonchev–Trinajstić information content (AvgIpc) is 3.09. The third-order valence-corrected chi connectivity index (χ3v) is 11.7. The van der Waals surface area contributed by atoms with E-state index in [1.807, 2.05) is 0 Å². The molecule has 2 radical (unpaired) electrons. The minimum Gasteiger partial charge on any atom is -0.506 e. The monoisotopic (exact) mass is 1070 g/mol. The third-order valence-electron chi connectivity index (χ3n) is 8.26. The molecule has 64 heavy (non-hydrogen) atoms. The molecule has 0 aliphatic heterocycles. The van der Waals surface area contributed by atoms with Crippen LogP contribution in [0.1, 0.15) is 0 Å². The summed E-state index contributed by atoms with van der Waals surface area (Å²) in [5.74, 6) is -3.08. The van der Waals surface area contributed by atoms with Gasteiger partial charge < -0.3 is 56.5 Å². The Labute approximate surface area is 383 Å². The van der Waals surface area contributed by atoms with E-state index in [0.29, 0.717) is 0 Å². The number of phenolic OH excluding ortho intramolecular Hbond substituents is 4. The zero-order valence-electron chi connectivity index (χ0n) is 33.0. The molecule has 0 aliphatic carbocycles. The number of phenols is 4. The number of quaternary nitrogens is 4. The Bertz CT molecular complexity index is 3110. The first-order valence-corrected chi connectivity index (χ1v) is 21.1. The van der Waals surface area contributed by atoms with Gasteiger partial charge >= 0.3 is 0 Å². The van der Waals surface area contributed by atoms with E-state index < -0.39 is 106 Å². The predicted molar refractivity (Wildman–Crippen MR) is 227 cm³/mol. The van der Waals surface area contributed by atoms with Gasteiger partial charge in [0, 0.05) is 56.3 Å². The predicted octanol–water partition coefficient (Wildman–Crippen LogP) is 6.96. The van der Waals surface area contributed by atoms with Gasteiger partial charge in [-0.05, 0) is 82.6 Å². The first-order chi connectivity index (χ1) is 26.8. The van der Waals surface area contributed by atoms with E-state index in [2.05, 4.69) is 20.5 Å². The molecule has 0 bridgehead atoms. The molecule has 0 heterocycles.